The van der Waals surface area contributed by atoms with E-state index in [1.54, 1.807) is 41.1 Å². The molecule has 7 rings (SSSR count). The highest BCUT2D eigenvalue weighted by molar-refractivity contribution is 7.92. The van der Waals surface area contributed by atoms with E-state index in [4.69, 9.17) is 9.40 Å². The number of benzene rings is 3. The number of carbonyl (C=O) groups excluding carboxylic acids is 1. The summed E-state index contributed by atoms with van der Waals surface area (Å²) in [4.78, 5) is 22.5. The van der Waals surface area contributed by atoms with E-state index in [9.17, 15) is 26.4 Å². The Bertz CT molecular complexity index is 2470. The Labute approximate surface area is 253 Å². The minimum Gasteiger partial charge on any atom is -0.455 e. The maximum absolute atomic E-state index is 14.9. The summed E-state index contributed by atoms with van der Waals surface area (Å²) in [5, 5.41) is 3.13. The average molecular weight is 630 g/mol. The van der Waals surface area contributed by atoms with Crippen molar-refractivity contribution in [2.45, 2.75) is 6.92 Å². The van der Waals surface area contributed by atoms with E-state index in [0.29, 0.717) is 39.2 Å². The number of amides is 1. The number of anilines is 1. The molecule has 0 radical (unpaired) electrons. The van der Waals surface area contributed by atoms with E-state index in [-0.39, 0.29) is 44.9 Å². The van der Waals surface area contributed by atoms with Crippen LogP contribution >= 0.6 is 0 Å². The van der Waals surface area contributed by atoms with Gasteiger partial charge in [0.05, 0.1) is 44.8 Å². The molecule has 9 nitrogen and oxygen atoms in total. The van der Waals surface area contributed by atoms with Gasteiger partial charge in [-0.3, -0.25) is 13.9 Å². The molecule has 2 N–H and O–H groups in total. The second kappa shape index (κ2) is 10.3. The monoisotopic (exact) mass is 629 g/mol. The number of furan rings is 1. The van der Waals surface area contributed by atoms with E-state index >= 15 is 0 Å². The van der Waals surface area contributed by atoms with Crippen LogP contribution in [0.2, 0.25) is 0 Å². The molecule has 4 heterocycles. The minimum atomic E-state index is -3.82. The lowest BCUT2D eigenvalue weighted by molar-refractivity contribution is 0.0964. The van der Waals surface area contributed by atoms with Crippen molar-refractivity contribution < 1.29 is 30.8 Å². The Hall–Kier alpha value is -5.43. The van der Waals surface area contributed by atoms with Crippen LogP contribution in [-0.4, -0.2) is 41.5 Å². The maximum Gasteiger partial charge on any atom is 0.255 e. The van der Waals surface area contributed by atoms with Crippen molar-refractivity contribution in [1.82, 2.24) is 19.7 Å². The number of carbonyl (C=O) groups is 1. The number of pyridine rings is 1. The molecule has 4 aromatic heterocycles. The van der Waals surface area contributed by atoms with Crippen molar-refractivity contribution >= 4 is 60.0 Å². The second-order valence-electron chi connectivity index (χ2n) is 10.3. The highest BCUT2D eigenvalue weighted by Crippen LogP contribution is 2.41. The number of halogens is 3. The fraction of sp³-hybridized carbons (Fsp3) is 0.0938. The molecule has 0 saturated heterocycles. The molecule has 0 aliphatic heterocycles. The summed E-state index contributed by atoms with van der Waals surface area (Å²) in [5.41, 5.74) is 2.64. The predicted octanol–water partition coefficient (Wildman–Crippen LogP) is 6.65. The van der Waals surface area contributed by atoms with Gasteiger partial charge in [0.15, 0.2) is 5.76 Å². The number of sulfonamides is 1. The Morgan fingerprint density at radius 3 is 2.51 bits per heavy atom. The third kappa shape index (κ3) is 4.63. The van der Waals surface area contributed by atoms with E-state index in [1.165, 1.54) is 32.2 Å². The molecule has 1 amide bonds. The first-order valence-corrected chi connectivity index (χ1v) is 15.4. The first kappa shape index (κ1) is 28.3. The van der Waals surface area contributed by atoms with Gasteiger partial charge < -0.3 is 9.73 Å². The zero-order valence-electron chi connectivity index (χ0n) is 23.7. The Balaban J connectivity index is 1.53. The van der Waals surface area contributed by atoms with Gasteiger partial charge in [0.1, 0.15) is 34.9 Å². The van der Waals surface area contributed by atoms with E-state index in [1.807, 2.05) is 0 Å². The zero-order chi connectivity index (χ0) is 31.6. The molecule has 0 aliphatic rings. The van der Waals surface area contributed by atoms with Crippen molar-refractivity contribution in [3.8, 4) is 22.6 Å². The van der Waals surface area contributed by atoms with Crippen molar-refractivity contribution in [3.63, 3.8) is 0 Å². The number of hydrogen-bond donors (Lipinski definition) is 2. The lowest BCUT2D eigenvalue weighted by Crippen LogP contribution is -2.18. The fourth-order valence-electron chi connectivity index (χ4n) is 5.43. The molecular formula is C32H22F3N5O4S. The summed E-state index contributed by atoms with van der Waals surface area (Å²) in [7, 11) is -2.42. The third-order valence-electron chi connectivity index (χ3n) is 7.64. The lowest BCUT2D eigenvalue weighted by atomic mass is 10.0. The van der Waals surface area contributed by atoms with E-state index in [2.05, 4.69) is 15.0 Å². The normalized spacial score (nSPS) is 12.0. The average Bonchev–Trinajstić information content (AvgIpc) is 3.59. The number of nitrogens with one attached hydrogen (secondary N) is 2. The van der Waals surface area contributed by atoms with Crippen LogP contribution in [0.4, 0.5) is 18.9 Å². The Morgan fingerprint density at radius 2 is 1.76 bits per heavy atom. The van der Waals surface area contributed by atoms with Crippen molar-refractivity contribution in [1.29, 1.82) is 0 Å². The predicted molar refractivity (Wildman–Crippen MR) is 165 cm³/mol. The third-order valence-corrected chi connectivity index (χ3v) is 8.93. The fourth-order valence-corrected chi connectivity index (χ4v) is 6.08. The van der Waals surface area contributed by atoms with Gasteiger partial charge in [-0.2, -0.15) is 0 Å². The van der Waals surface area contributed by atoms with Gasteiger partial charge in [0, 0.05) is 35.5 Å². The number of fused-ring (bicyclic) bond motifs is 6. The summed E-state index contributed by atoms with van der Waals surface area (Å²) in [6.45, 7) is 1.47. The largest absolute Gasteiger partial charge is 0.455 e. The summed E-state index contributed by atoms with van der Waals surface area (Å²) in [5.74, 6) is -3.18. The van der Waals surface area contributed by atoms with Crippen LogP contribution in [0.25, 0.3) is 61.0 Å². The van der Waals surface area contributed by atoms with Crippen LogP contribution in [0.3, 0.4) is 0 Å². The molecule has 0 bridgehead atoms. The summed E-state index contributed by atoms with van der Waals surface area (Å²) >= 11 is 0. The van der Waals surface area contributed by atoms with Crippen molar-refractivity contribution in [2.75, 3.05) is 17.5 Å². The zero-order valence-corrected chi connectivity index (χ0v) is 24.5. The first-order valence-electron chi connectivity index (χ1n) is 13.7. The molecule has 0 spiro atoms. The van der Waals surface area contributed by atoms with Crippen LogP contribution in [0, 0.1) is 17.5 Å². The molecule has 45 heavy (non-hydrogen) atoms. The smallest absolute Gasteiger partial charge is 0.255 e. The van der Waals surface area contributed by atoms with Crippen molar-refractivity contribution in [3.05, 3.63) is 96.1 Å². The maximum atomic E-state index is 14.9. The molecule has 0 fully saturated rings. The Kier molecular flexibility index (Phi) is 6.51. The molecule has 0 saturated carbocycles. The molecule has 3 aromatic carbocycles. The standard InChI is InChI=1S/C32H22F3N5O4S/c1-3-45(42,43)39-25-14-28-20(29(32(41)36-2)31(44-28)17-8-7-16(33)11-22(17)35)12-19(25)23-9-10-24-30(38-23)27-13-18-21(34)5-4-6-26(18)40(27)15-37-24/h4-15,39H,3H2,1-2H3,(H,36,41). The highest BCUT2D eigenvalue weighted by atomic mass is 32.2. The molecule has 0 aliphatic carbocycles. The number of hydrogen-bond acceptors (Lipinski definition) is 6. The molecule has 0 atom stereocenters. The topological polar surface area (TPSA) is 119 Å². The number of rotatable bonds is 6. The first-order chi connectivity index (χ1) is 21.6. The van der Waals surface area contributed by atoms with Gasteiger partial charge in [-0.25, -0.2) is 31.6 Å². The SMILES string of the molecule is CCS(=O)(=O)Nc1cc2oc(-c3ccc(F)cc3F)c(C(=O)NC)c2cc1-c1ccc2ncn3c4cccc(F)c4cc3c2n1. The van der Waals surface area contributed by atoms with Crippen LogP contribution in [0.5, 0.6) is 0 Å². The number of aromatic nitrogens is 3. The van der Waals surface area contributed by atoms with E-state index < -0.39 is 33.4 Å². The molecule has 0 unspecified atom stereocenters. The summed E-state index contributed by atoms with van der Waals surface area (Å²) < 4.78 is 79.1. The molecule has 226 valence electrons. The molecule has 13 heteroatoms. The molecule has 7 aromatic rings. The van der Waals surface area contributed by atoms with Gasteiger partial charge in [-0.05, 0) is 55.5 Å². The van der Waals surface area contributed by atoms with Crippen LogP contribution in [0.1, 0.15) is 17.3 Å². The quantitative estimate of drug-likeness (QED) is 0.213. The minimum absolute atomic E-state index is 0.0395. The molecular weight excluding hydrogens is 607 g/mol. The summed E-state index contributed by atoms with van der Waals surface area (Å²) in [6.07, 6.45) is 1.57. The highest BCUT2D eigenvalue weighted by Gasteiger charge is 2.26. The van der Waals surface area contributed by atoms with Gasteiger partial charge in [0.2, 0.25) is 10.0 Å². The van der Waals surface area contributed by atoms with Gasteiger partial charge >= 0.3 is 0 Å². The summed E-state index contributed by atoms with van der Waals surface area (Å²) in [6, 6.07) is 15.5. The van der Waals surface area contributed by atoms with Gasteiger partial charge in [0.25, 0.3) is 5.91 Å². The van der Waals surface area contributed by atoms with Crippen LogP contribution < -0.4 is 10.0 Å². The van der Waals surface area contributed by atoms with Gasteiger partial charge in [-0.15, -0.1) is 0 Å². The van der Waals surface area contributed by atoms with Crippen molar-refractivity contribution in [2.24, 2.45) is 0 Å². The lowest BCUT2D eigenvalue weighted by Gasteiger charge is -2.13. The van der Waals surface area contributed by atoms with Gasteiger partial charge in [-0.1, -0.05) is 6.07 Å². The second-order valence-corrected chi connectivity index (χ2v) is 12.3. The number of nitrogens with zero attached hydrogens (tertiary/aromatic N) is 3. The van der Waals surface area contributed by atoms with Crippen LogP contribution in [0.15, 0.2) is 77.5 Å². The van der Waals surface area contributed by atoms with E-state index in [0.717, 1.165) is 12.1 Å². The Morgan fingerprint density at radius 1 is 0.933 bits per heavy atom. The van der Waals surface area contributed by atoms with Crippen LogP contribution in [-0.2, 0) is 10.0 Å².